The molecule has 3 aromatic carbocycles. The van der Waals surface area contributed by atoms with Gasteiger partial charge in [-0.1, -0.05) is 29.8 Å². The third-order valence-corrected chi connectivity index (χ3v) is 6.32. The highest BCUT2D eigenvalue weighted by Crippen LogP contribution is 2.36. The summed E-state index contributed by atoms with van der Waals surface area (Å²) in [4.78, 5) is 27.1. The van der Waals surface area contributed by atoms with Gasteiger partial charge in [0.2, 0.25) is 0 Å². The molecule has 1 aliphatic rings. The lowest BCUT2D eigenvalue weighted by atomic mass is 9.93. The molecule has 172 valence electrons. The first-order chi connectivity index (χ1) is 15.6. The molecule has 0 radical (unpaired) electrons. The number of rotatable bonds is 7. The average Bonchev–Trinajstić information content (AvgIpc) is 2.75. The van der Waals surface area contributed by atoms with Crippen LogP contribution >= 0.6 is 0 Å². The maximum absolute atomic E-state index is 13.1. The Kier molecular flexibility index (Phi) is 5.93. The van der Waals surface area contributed by atoms with Gasteiger partial charge in [-0.2, -0.15) is 8.42 Å². The summed E-state index contributed by atoms with van der Waals surface area (Å²) in [5.41, 5.74) is 1.57. The van der Waals surface area contributed by atoms with Crippen LogP contribution in [0.3, 0.4) is 0 Å². The second-order valence-corrected chi connectivity index (χ2v) is 9.16. The maximum Gasteiger partial charge on any atom is 0.446 e. The molecule has 1 unspecified atom stereocenters. The normalized spacial score (nSPS) is 14.5. The van der Waals surface area contributed by atoms with Gasteiger partial charge in [-0.3, -0.25) is 23.3 Å². The number of hydrogen-bond donors (Lipinski definition) is 1. The van der Waals surface area contributed by atoms with Crippen molar-refractivity contribution >= 4 is 49.9 Å². The van der Waals surface area contributed by atoms with Crippen LogP contribution in [0.5, 0.6) is 5.75 Å². The first-order valence-corrected chi connectivity index (χ1v) is 12.0. The Bertz CT molecular complexity index is 1380. The molecule has 0 saturated carbocycles. The lowest BCUT2D eigenvalue weighted by molar-refractivity contribution is 0.0615. The number of benzene rings is 3. The summed E-state index contributed by atoms with van der Waals surface area (Å²) < 4.78 is 60.5. The molecule has 0 fully saturated rings. The van der Waals surface area contributed by atoms with E-state index in [1.165, 1.54) is 30.3 Å². The zero-order chi connectivity index (χ0) is 23.9. The van der Waals surface area contributed by atoms with E-state index in [1.807, 2.05) is 6.92 Å². The number of nitrogens with zero attached hydrogens (tertiary/aromatic N) is 2. The van der Waals surface area contributed by atoms with Gasteiger partial charge in [0.1, 0.15) is 0 Å². The van der Waals surface area contributed by atoms with Crippen molar-refractivity contribution in [1.29, 1.82) is 0 Å². The second kappa shape index (κ2) is 8.56. The van der Waals surface area contributed by atoms with Crippen LogP contribution in [0.1, 0.15) is 26.3 Å². The van der Waals surface area contributed by atoms with Gasteiger partial charge in [0.05, 0.1) is 0 Å². The van der Waals surface area contributed by atoms with Crippen molar-refractivity contribution in [1.82, 2.24) is 4.90 Å². The summed E-state index contributed by atoms with van der Waals surface area (Å²) in [6.45, 7) is 1.49. The Morgan fingerprint density at radius 3 is 2.27 bits per heavy atom. The number of carbonyl (C=O) groups excluding carboxylic acids is 2. The Labute approximate surface area is 191 Å². The Hall–Kier alpha value is -3.32. The van der Waals surface area contributed by atoms with E-state index in [0.717, 1.165) is 14.8 Å². The van der Waals surface area contributed by atoms with Crippen molar-refractivity contribution in [3.05, 3.63) is 71.3 Å². The fraction of sp³-hybridized carbons (Fsp3) is 0.143. The van der Waals surface area contributed by atoms with Gasteiger partial charge in [0.15, 0.2) is 5.75 Å². The highest BCUT2D eigenvalue weighted by Gasteiger charge is 2.34. The van der Waals surface area contributed by atoms with Crippen LogP contribution in [-0.4, -0.2) is 51.5 Å². The number of anilines is 1. The minimum absolute atomic E-state index is 0.119. The molecule has 1 aliphatic heterocycles. The van der Waals surface area contributed by atoms with Crippen molar-refractivity contribution < 1.29 is 35.5 Å². The minimum Gasteiger partial charge on any atom is -0.755 e. The fourth-order valence-corrected chi connectivity index (χ4v) is 4.60. The summed E-state index contributed by atoms with van der Waals surface area (Å²) in [7, 11) is -4.82. The van der Waals surface area contributed by atoms with Gasteiger partial charge < -0.3 is 13.0 Å². The predicted octanol–water partition coefficient (Wildman–Crippen LogP) is 2.23. The number of carbonyl (C=O) groups is 2. The zero-order valence-electron chi connectivity index (χ0n) is 17.1. The van der Waals surface area contributed by atoms with E-state index in [0.29, 0.717) is 5.69 Å². The van der Waals surface area contributed by atoms with Crippen LogP contribution < -0.4 is 8.49 Å². The van der Waals surface area contributed by atoms with Crippen molar-refractivity contribution in [3.63, 3.8) is 0 Å². The SMILES string of the molecule is Cc1ccc(N(CCN2C(=O)c3cccc4c(OS(=O)(=O)O)ccc(c34)C2=O)S(=O)[O-])cc1. The number of amides is 2. The quantitative estimate of drug-likeness (QED) is 0.302. The third kappa shape index (κ3) is 4.46. The maximum atomic E-state index is 13.1. The van der Waals surface area contributed by atoms with Crippen LogP contribution in [0.4, 0.5) is 5.69 Å². The predicted molar refractivity (Wildman–Crippen MR) is 119 cm³/mol. The molecule has 1 N–H and O–H groups in total. The third-order valence-electron chi connectivity index (χ3n) is 5.18. The first-order valence-electron chi connectivity index (χ1n) is 9.59. The van der Waals surface area contributed by atoms with Crippen molar-refractivity contribution in [2.24, 2.45) is 0 Å². The molecule has 1 atom stereocenters. The van der Waals surface area contributed by atoms with Gasteiger partial charge in [-0.15, -0.1) is 0 Å². The van der Waals surface area contributed by atoms with E-state index in [9.17, 15) is 26.8 Å². The molecule has 1 heterocycles. The molecule has 0 saturated heterocycles. The topological polar surface area (TPSA) is 144 Å². The van der Waals surface area contributed by atoms with Crippen LogP contribution in [0.15, 0.2) is 54.6 Å². The summed E-state index contributed by atoms with van der Waals surface area (Å²) in [5, 5.41) is 0.346. The number of imide groups is 1. The van der Waals surface area contributed by atoms with E-state index in [4.69, 9.17) is 4.55 Å². The number of hydrogen-bond acceptors (Lipinski definition) is 7. The smallest absolute Gasteiger partial charge is 0.446 e. The molecular formula is C21H17N2O8S2-. The molecule has 12 heteroatoms. The van der Waals surface area contributed by atoms with Crippen molar-refractivity contribution in [2.75, 3.05) is 17.4 Å². The van der Waals surface area contributed by atoms with Gasteiger partial charge in [-0.25, -0.2) is 0 Å². The van der Waals surface area contributed by atoms with Crippen LogP contribution in [-0.2, 0) is 21.7 Å². The van der Waals surface area contributed by atoms with Gasteiger partial charge >= 0.3 is 10.4 Å². The molecule has 3 aromatic rings. The lowest BCUT2D eigenvalue weighted by Gasteiger charge is -2.31. The van der Waals surface area contributed by atoms with E-state index < -0.39 is 33.5 Å². The largest absolute Gasteiger partial charge is 0.755 e. The summed E-state index contributed by atoms with van der Waals surface area (Å²) >= 11 is -2.64. The molecule has 0 spiro atoms. The summed E-state index contributed by atoms with van der Waals surface area (Å²) in [5.74, 6) is -1.57. The highest BCUT2D eigenvalue weighted by atomic mass is 32.3. The first kappa shape index (κ1) is 22.9. The summed E-state index contributed by atoms with van der Waals surface area (Å²) in [6, 6.07) is 13.6. The Balaban J connectivity index is 1.67. The monoisotopic (exact) mass is 489 g/mol. The van der Waals surface area contributed by atoms with Gasteiger partial charge in [0.25, 0.3) is 11.8 Å². The zero-order valence-corrected chi connectivity index (χ0v) is 18.8. The molecule has 0 aliphatic carbocycles. The van der Waals surface area contributed by atoms with Crippen molar-refractivity contribution in [2.45, 2.75) is 6.92 Å². The van der Waals surface area contributed by atoms with Gasteiger partial charge in [0, 0.05) is 51.9 Å². The molecule has 33 heavy (non-hydrogen) atoms. The average molecular weight is 490 g/mol. The molecule has 4 rings (SSSR count). The van der Waals surface area contributed by atoms with E-state index in [1.54, 1.807) is 24.3 Å². The fourth-order valence-electron chi connectivity index (χ4n) is 3.70. The van der Waals surface area contributed by atoms with E-state index >= 15 is 0 Å². The standard InChI is InChI=1S/C21H18N2O8S2/c1-13-5-7-14(8-6-13)23(32(26)27)12-11-22-20(24)16-4-2-3-15-18(31-33(28,29)30)10-9-17(19(15)16)21(22)25/h2-10H,11-12H2,1H3,(H,26,27)(H,28,29,30)/p-1. The van der Waals surface area contributed by atoms with E-state index in [2.05, 4.69) is 4.18 Å². The highest BCUT2D eigenvalue weighted by molar-refractivity contribution is 7.81. The van der Waals surface area contributed by atoms with Gasteiger partial charge in [-0.05, 0) is 37.3 Å². The molecular weight excluding hydrogens is 472 g/mol. The molecule has 2 amide bonds. The molecule has 0 bridgehead atoms. The summed E-state index contributed by atoms with van der Waals surface area (Å²) in [6.07, 6.45) is 0. The lowest BCUT2D eigenvalue weighted by Crippen LogP contribution is -2.45. The van der Waals surface area contributed by atoms with Crippen LogP contribution in [0.25, 0.3) is 10.8 Å². The molecule has 0 aromatic heterocycles. The second-order valence-electron chi connectivity index (χ2n) is 7.27. The number of aryl methyl sites for hydroxylation is 1. The Morgan fingerprint density at radius 2 is 1.67 bits per heavy atom. The Morgan fingerprint density at radius 1 is 1.03 bits per heavy atom. The van der Waals surface area contributed by atoms with Crippen LogP contribution in [0, 0.1) is 6.92 Å². The molecule has 10 nitrogen and oxygen atoms in total. The van der Waals surface area contributed by atoms with E-state index in [-0.39, 0.29) is 40.7 Å². The van der Waals surface area contributed by atoms with Crippen molar-refractivity contribution in [3.8, 4) is 5.75 Å². The minimum atomic E-state index is -4.82. The van der Waals surface area contributed by atoms with Crippen LogP contribution in [0.2, 0.25) is 0 Å².